The van der Waals surface area contributed by atoms with E-state index < -0.39 is 11.7 Å². The maximum atomic E-state index is 13.5. The number of nitrogens with one attached hydrogen (secondary N) is 1. The van der Waals surface area contributed by atoms with E-state index in [-0.39, 0.29) is 17.5 Å². The third-order valence-electron chi connectivity index (χ3n) is 5.56. The number of amides is 1. The molecule has 1 aromatic carbocycles. The van der Waals surface area contributed by atoms with E-state index in [1.54, 1.807) is 17.1 Å². The van der Waals surface area contributed by atoms with Gasteiger partial charge in [-0.3, -0.25) is 9.48 Å². The maximum Gasteiger partial charge on any atom is 0.416 e. The van der Waals surface area contributed by atoms with Gasteiger partial charge in [0.05, 0.1) is 17.8 Å². The lowest BCUT2D eigenvalue weighted by Gasteiger charge is -2.33. The second-order valence-corrected chi connectivity index (χ2v) is 7.97. The minimum atomic E-state index is -4.43. The molecule has 0 radical (unpaired) electrons. The number of aromatic nitrogens is 3. The Labute approximate surface area is 184 Å². The molecule has 0 spiro atoms. The van der Waals surface area contributed by atoms with Crippen molar-refractivity contribution in [1.29, 1.82) is 0 Å². The zero-order valence-electron chi connectivity index (χ0n) is 18.1. The molecule has 0 bridgehead atoms. The minimum absolute atomic E-state index is 0.0792. The zero-order valence-corrected chi connectivity index (χ0v) is 18.1. The van der Waals surface area contributed by atoms with Crippen LogP contribution in [0, 0.1) is 6.92 Å². The van der Waals surface area contributed by atoms with Crippen LogP contribution in [0.2, 0.25) is 0 Å². The van der Waals surface area contributed by atoms with Crippen LogP contribution in [0.15, 0.2) is 42.7 Å². The first kappa shape index (κ1) is 21.9. The van der Waals surface area contributed by atoms with Gasteiger partial charge in [0.1, 0.15) is 11.5 Å². The Balaban J connectivity index is 1.72. The van der Waals surface area contributed by atoms with Crippen LogP contribution in [-0.4, -0.2) is 33.8 Å². The lowest BCUT2D eigenvalue weighted by molar-refractivity contribution is -0.138. The van der Waals surface area contributed by atoms with Crippen molar-refractivity contribution in [3.63, 3.8) is 0 Å². The minimum Gasteiger partial charge on any atom is -0.370 e. The van der Waals surface area contributed by atoms with Crippen LogP contribution in [0.3, 0.4) is 0 Å². The molecule has 3 aromatic rings. The number of anilines is 2. The summed E-state index contributed by atoms with van der Waals surface area (Å²) in [5.74, 6) is 0.408. The summed E-state index contributed by atoms with van der Waals surface area (Å²) >= 11 is 0. The maximum absolute atomic E-state index is 13.5. The van der Waals surface area contributed by atoms with Crippen LogP contribution in [0.5, 0.6) is 0 Å². The molecule has 1 atom stereocenters. The van der Waals surface area contributed by atoms with Crippen molar-refractivity contribution in [3.05, 3.63) is 59.5 Å². The second kappa shape index (κ2) is 8.29. The number of hydrogen-bond donors (Lipinski definition) is 1. The van der Waals surface area contributed by atoms with Gasteiger partial charge < -0.3 is 10.2 Å². The van der Waals surface area contributed by atoms with E-state index in [9.17, 15) is 18.0 Å². The molecule has 32 heavy (non-hydrogen) atoms. The fourth-order valence-corrected chi connectivity index (χ4v) is 3.98. The normalized spacial score (nSPS) is 16.2. The van der Waals surface area contributed by atoms with Gasteiger partial charge in [-0.05, 0) is 61.7 Å². The Morgan fingerprint density at radius 1 is 1.22 bits per heavy atom. The highest BCUT2D eigenvalue weighted by Gasteiger charge is 2.36. The summed E-state index contributed by atoms with van der Waals surface area (Å²) in [6.45, 7) is 6.48. The number of pyridine rings is 1. The summed E-state index contributed by atoms with van der Waals surface area (Å²) < 4.78 is 41.2. The van der Waals surface area contributed by atoms with E-state index in [0.29, 0.717) is 29.3 Å². The smallest absolute Gasteiger partial charge is 0.370 e. The van der Waals surface area contributed by atoms with Gasteiger partial charge in [0.15, 0.2) is 0 Å². The fourth-order valence-electron chi connectivity index (χ4n) is 3.98. The molecule has 1 amide bonds. The molecule has 2 aromatic heterocycles. The quantitative estimate of drug-likeness (QED) is 0.580. The zero-order chi connectivity index (χ0) is 23.0. The van der Waals surface area contributed by atoms with Crippen molar-refractivity contribution in [2.24, 2.45) is 0 Å². The van der Waals surface area contributed by atoms with Crippen molar-refractivity contribution >= 4 is 17.4 Å². The summed E-state index contributed by atoms with van der Waals surface area (Å²) in [5, 5.41) is 7.66. The molecule has 0 saturated carbocycles. The lowest BCUT2D eigenvalue weighted by atomic mass is 10.0. The molecule has 0 unspecified atom stereocenters. The highest BCUT2D eigenvalue weighted by molar-refractivity contribution is 6.09. The van der Waals surface area contributed by atoms with Gasteiger partial charge in [-0.2, -0.15) is 18.3 Å². The first-order valence-electron chi connectivity index (χ1n) is 10.5. The molecule has 9 heteroatoms. The van der Waals surface area contributed by atoms with Crippen molar-refractivity contribution < 1.29 is 18.0 Å². The van der Waals surface area contributed by atoms with Gasteiger partial charge in [0.25, 0.3) is 5.91 Å². The molecule has 0 saturated heterocycles. The molecular weight excluding hydrogens is 419 g/mol. The number of benzene rings is 1. The van der Waals surface area contributed by atoms with Gasteiger partial charge in [-0.1, -0.05) is 6.92 Å². The van der Waals surface area contributed by atoms with Gasteiger partial charge in [-0.15, -0.1) is 0 Å². The van der Waals surface area contributed by atoms with E-state index >= 15 is 0 Å². The Morgan fingerprint density at radius 2 is 2.00 bits per heavy atom. The number of nitrogens with zero attached hydrogens (tertiary/aromatic N) is 4. The molecule has 1 N–H and O–H groups in total. The van der Waals surface area contributed by atoms with Crippen LogP contribution in [0.4, 0.5) is 24.7 Å². The van der Waals surface area contributed by atoms with E-state index in [1.165, 1.54) is 24.0 Å². The molecular formula is C23H24F3N5O. The van der Waals surface area contributed by atoms with E-state index in [4.69, 9.17) is 0 Å². The van der Waals surface area contributed by atoms with Crippen LogP contribution >= 0.6 is 0 Å². The third-order valence-corrected chi connectivity index (χ3v) is 5.56. The fraction of sp³-hybridized carbons (Fsp3) is 0.348. The first-order chi connectivity index (χ1) is 15.2. The van der Waals surface area contributed by atoms with E-state index in [2.05, 4.69) is 22.3 Å². The number of fused-ring (bicyclic) bond motifs is 1. The predicted octanol–water partition coefficient (Wildman–Crippen LogP) is 5.32. The number of rotatable bonds is 5. The van der Waals surface area contributed by atoms with Gasteiger partial charge in [-0.25, -0.2) is 4.98 Å². The molecule has 6 nitrogen and oxygen atoms in total. The van der Waals surface area contributed by atoms with Crippen molar-refractivity contribution in [3.8, 4) is 11.1 Å². The van der Waals surface area contributed by atoms with Crippen LogP contribution in [0.25, 0.3) is 11.1 Å². The Hall–Kier alpha value is -3.36. The summed E-state index contributed by atoms with van der Waals surface area (Å²) in [6.07, 6.45) is -0.152. The van der Waals surface area contributed by atoms with Crippen molar-refractivity contribution in [2.45, 2.75) is 39.4 Å². The average molecular weight is 443 g/mol. The number of halogens is 3. The van der Waals surface area contributed by atoms with E-state index in [1.807, 2.05) is 19.1 Å². The summed E-state index contributed by atoms with van der Waals surface area (Å²) in [5.41, 5.74) is 1.69. The highest BCUT2D eigenvalue weighted by Crippen LogP contribution is 2.36. The van der Waals surface area contributed by atoms with Crippen LogP contribution in [0.1, 0.15) is 47.9 Å². The predicted molar refractivity (Wildman–Crippen MR) is 117 cm³/mol. The van der Waals surface area contributed by atoms with Crippen LogP contribution in [-0.2, 0) is 6.18 Å². The third kappa shape index (κ3) is 3.94. The Morgan fingerprint density at radius 3 is 2.69 bits per heavy atom. The lowest BCUT2D eigenvalue weighted by Crippen LogP contribution is -2.42. The first-order valence-corrected chi connectivity index (χ1v) is 10.5. The van der Waals surface area contributed by atoms with Gasteiger partial charge >= 0.3 is 6.18 Å². The highest BCUT2D eigenvalue weighted by atomic mass is 19.4. The monoisotopic (exact) mass is 443 g/mol. The molecule has 4 rings (SSSR count). The summed E-state index contributed by atoms with van der Waals surface area (Å²) in [4.78, 5) is 19.3. The SMILES string of the molecule is CCCNc1cc(-c2cnn3c2C(=O)N(c2ccc(C(F)(F)F)c(C)c2)C[C@@H]3C)ccn1. The van der Waals surface area contributed by atoms with Gasteiger partial charge in [0, 0.05) is 30.5 Å². The average Bonchev–Trinajstić information content (AvgIpc) is 3.20. The summed E-state index contributed by atoms with van der Waals surface area (Å²) in [7, 11) is 0. The number of carbonyl (C=O) groups excluding carboxylic acids is 1. The molecule has 3 heterocycles. The molecule has 0 aliphatic carbocycles. The molecule has 1 aliphatic rings. The topological polar surface area (TPSA) is 63.1 Å². The van der Waals surface area contributed by atoms with Crippen LogP contribution < -0.4 is 10.2 Å². The number of carbonyl (C=O) groups is 1. The standard InChI is InChI=1S/C23H24F3N5O/c1-4-8-27-20-11-16(7-9-28-20)18-12-29-31-15(3)13-30(22(32)21(18)31)17-5-6-19(14(2)10-17)23(24,25)26/h5-7,9-12,15H,4,8,13H2,1-3H3,(H,27,28)/t15-/m0/s1. The Kier molecular flexibility index (Phi) is 5.66. The van der Waals surface area contributed by atoms with E-state index in [0.717, 1.165) is 24.6 Å². The number of hydrogen-bond acceptors (Lipinski definition) is 4. The largest absolute Gasteiger partial charge is 0.416 e. The Bertz CT molecular complexity index is 1150. The van der Waals surface area contributed by atoms with Crippen molar-refractivity contribution in [2.75, 3.05) is 23.3 Å². The van der Waals surface area contributed by atoms with Gasteiger partial charge in [0.2, 0.25) is 0 Å². The number of aryl methyl sites for hydroxylation is 1. The van der Waals surface area contributed by atoms with Crippen molar-refractivity contribution in [1.82, 2.24) is 14.8 Å². The second-order valence-electron chi connectivity index (χ2n) is 7.97. The summed E-state index contributed by atoms with van der Waals surface area (Å²) in [6, 6.07) is 7.34. The molecule has 168 valence electrons. The number of alkyl halides is 3. The molecule has 1 aliphatic heterocycles. The molecule has 0 fully saturated rings.